The number of aldehydes is 1. The molecule has 242 valence electrons. The first-order valence-corrected chi connectivity index (χ1v) is 15.1. The number of aliphatic imine (C=N–C) groups is 1. The fourth-order valence-corrected chi connectivity index (χ4v) is 3.82. The number of carbonyl (C=O) groups is 5. The Balaban J connectivity index is 0.000000241. The number of nitrogens with zero attached hydrogens (tertiary/aromatic N) is 1. The molecule has 5 aromatic rings. The van der Waals surface area contributed by atoms with Crippen molar-refractivity contribution < 1.29 is 24.0 Å². The second-order valence-electron chi connectivity index (χ2n) is 10.3. The standard InChI is InChI=1S/C17H15NO2.C10H10O.C8H8O.C7H6O/c1-13(17(20)15-10-6-3-7-11-15)18-12-16(19)14-8-4-2-5-9-14;1-8(2)10(11)9-6-4-3-5-7-9;1-7(9)8-5-3-2-4-6-8;8-6-7-4-2-1-3-5-7/h2-11H,12H2,1H3;3-7H,1H2,2H3;2-6H,1H3;1-6H. The Hall–Kier alpha value is -6.14. The minimum Gasteiger partial charge on any atom is -0.298 e. The summed E-state index contributed by atoms with van der Waals surface area (Å²) in [6.45, 7) is 8.49. The first-order valence-electron chi connectivity index (χ1n) is 15.1. The van der Waals surface area contributed by atoms with Crippen molar-refractivity contribution in [3.63, 3.8) is 0 Å². The Morgan fingerprint density at radius 1 is 0.521 bits per heavy atom. The third kappa shape index (κ3) is 14.3. The highest BCUT2D eigenvalue weighted by Gasteiger charge is 2.10. The van der Waals surface area contributed by atoms with Gasteiger partial charge >= 0.3 is 0 Å². The Bertz CT molecular complexity index is 1780. The van der Waals surface area contributed by atoms with Crippen molar-refractivity contribution in [2.45, 2.75) is 20.8 Å². The largest absolute Gasteiger partial charge is 0.298 e. The highest BCUT2D eigenvalue weighted by atomic mass is 16.1. The number of carbonyl (C=O) groups excluding carboxylic acids is 5. The molecule has 0 radical (unpaired) electrons. The Morgan fingerprint density at radius 3 is 1.21 bits per heavy atom. The second-order valence-corrected chi connectivity index (χ2v) is 10.3. The zero-order valence-electron chi connectivity index (χ0n) is 27.4. The van der Waals surface area contributed by atoms with Gasteiger partial charge in [-0.2, -0.15) is 0 Å². The summed E-state index contributed by atoms with van der Waals surface area (Å²) in [5.41, 5.74) is 4.33. The van der Waals surface area contributed by atoms with Gasteiger partial charge in [-0.1, -0.05) is 158 Å². The van der Waals surface area contributed by atoms with Gasteiger partial charge in [-0.25, -0.2) is 0 Å². The molecule has 0 saturated carbocycles. The van der Waals surface area contributed by atoms with E-state index >= 15 is 0 Å². The van der Waals surface area contributed by atoms with Crippen LogP contribution in [0.5, 0.6) is 0 Å². The Kier molecular flexibility index (Phi) is 17.1. The van der Waals surface area contributed by atoms with Gasteiger partial charge in [0.15, 0.2) is 17.3 Å². The van der Waals surface area contributed by atoms with E-state index in [-0.39, 0.29) is 29.7 Å². The van der Waals surface area contributed by atoms with Crippen LogP contribution in [0.4, 0.5) is 0 Å². The summed E-state index contributed by atoms with van der Waals surface area (Å²) < 4.78 is 0. The van der Waals surface area contributed by atoms with Gasteiger partial charge in [0.1, 0.15) is 12.8 Å². The van der Waals surface area contributed by atoms with Gasteiger partial charge in [-0.15, -0.1) is 0 Å². The lowest BCUT2D eigenvalue weighted by Gasteiger charge is -2.01. The second kappa shape index (κ2) is 21.6. The summed E-state index contributed by atoms with van der Waals surface area (Å²) in [5, 5.41) is 0. The first kappa shape index (κ1) is 38.0. The zero-order valence-corrected chi connectivity index (χ0v) is 27.4. The lowest BCUT2D eigenvalue weighted by molar-refractivity contribution is 0.0997. The summed E-state index contributed by atoms with van der Waals surface area (Å²) >= 11 is 0. The van der Waals surface area contributed by atoms with Crippen molar-refractivity contribution >= 4 is 35.1 Å². The van der Waals surface area contributed by atoms with Crippen LogP contribution in [0, 0.1) is 0 Å². The van der Waals surface area contributed by atoms with E-state index < -0.39 is 0 Å². The molecule has 48 heavy (non-hydrogen) atoms. The zero-order chi connectivity index (χ0) is 35.1. The predicted octanol–water partition coefficient (Wildman–Crippen LogP) is 9.05. The smallest absolute Gasteiger partial charge is 0.206 e. The molecule has 0 aliphatic rings. The first-order chi connectivity index (χ1) is 23.1. The molecule has 6 heteroatoms. The van der Waals surface area contributed by atoms with Crippen molar-refractivity contribution in [2.24, 2.45) is 4.99 Å². The molecule has 0 N–H and O–H groups in total. The lowest BCUT2D eigenvalue weighted by Crippen LogP contribution is -2.13. The van der Waals surface area contributed by atoms with E-state index in [9.17, 15) is 24.0 Å². The van der Waals surface area contributed by atoms with Crippen molar-refractivity contribution in [1.82, 2.24) is 0 Å². The van der Waals surface area contributed by atoms with Crippen LogP contribution in [0.1, 0.15) is 72.6 Å². The molecule has 0 amide bonds. The van der Waals surface area contributed by atoms with E-state index in [1.807, 2.05) is 78.9 Å². The molecule has 6 nitrogen and oxygen atoms in total. The molecule has 0 heterocycles. The summed E-state index contributed by atoms with van der Waals surface area (Å²) in [6.07, 6.45) is 0.833. The molecule has 0 spiro atoms. The van der Waals surface area contributed by atoms with Gasteiger partial charge in [0.25, 0.3) is 0 Å². The molecule has 0 fully saturated rings. The third-order valence-electron chi connectivity index (χ3n) is 6.46. The van der Waals surface area contributed by atoms with E-state index in [1.165, 1.54) is 0 Å². The van der Waals surface area contributed by atoms with Crippen LogP contribution in [0.15, 0.2) is 169 Å². The van der Waals surface area contributed by atoms with E-state index in [4.69, 9.17) is 0 Å². The average Bonchev–Trinajstić information content (AvgIpc) is 3.15. The summed E-state index contributed by atoms with van der Waals surface area (Å²) in [4.78, 5) is 59.9. The van der Waals surface area contributed by atoms with E-state index in [1.54, 1.807) is 93.6 Å². The topological polar surface area (TPSA) is 97.7 Å². The van der Waals surface area contributed by atoms with Crippen molar-refractivity contribution in [3.8, 4) is 0 Å². The van der Waals surface area contributed by atoms with Crippen molar-refractivity contribution in [3.05, 3.63) is 192 Å². The van der Waals surface area contributed by atoms with E-state index in [0.717, 1.165) is 17.4 Å². The molecule has 0 unspecified atom stereocenters. The highest BCUT2D eigenvalue weighted by molar-refractivity contribution is 6.45. The van der Waals surface area contributed by atoms with E-state index in [0.29, 0.717) is 28.0 Å². The van der Waals surface area contributed by atoms with Crippen molar-refractivity contribution in [1.29, 1.82) is 0 Å². The third-order valence-corrected chi connectivity index (χ3v) is 6.46. The maximum absolute atomic E-state index is 12.1. The fraction of sp³-hybridized carbons (Fsp3) is 0.0952. The van der Waals surface area contributed by atoms with Crippen molar-refractivity contribution in [2.75, 3.05) is 6.54 Å². The van der Waals surface area contributed by atoms with Crippen LogP contribution in [-0.4, -0.2) is 41.7 Å². The van der Waals surface area contributed by atoms with Crippen LogP contribution in [-0.2, 0) is 0 Å². The molecular weight excluding hydrogens is 598 g/mol. The van der Waals surface area contributed by atoms with Gasteiger partial charge < -0.3 is 0 Å². The molecule has 0 aliphatic carbocycles. The molecular formula is C42H39NO5. The molecule has 0 aromatic heterocycles. The normalized spacial score (nSPS) is 9.85. The molecule has 0 saturated heterocycles. The van der Waals surface area contributed by atoms with Gasteiger partial charge in [-0.3, -0.25) is 29.0 Å². The van der Waals surface area contributed by atoms with Crippen LogP contribution in [0.3, 0.4) is 0 Å². The Morgan fingerprint density at radius 2 is 0.875 bits per heavy atom. The Labute approximate surface area is 282 Å². The van der Waals surface area contributed by atoms with Gasteiger partial charge in [-0.05, 0) is 26.3 Å². The number of Topliss-reactive ketones (excluding diaryl/α,β-unsaturated/α-hetero) is 4. The number of hydrogen-bond acceptors (Lipinski definition) is 6. The highest BCUT2D eigenvalue weighted by Crippen LogP contribution is 2.06. The SMILES string of the molecule is C=C(C)C(=O)c1ccccc1.CC(=NCC(=O)c1ccccc1)C(=O)c1ccccc1.CC(=O)c1ccccc1.O=Cc1ccccc1. The molecule has 0 aliphatic heterocycles. The number of ketones is 4. The maximum atomic E-state index is 12.1. The van der Waals surface area contributed by atoms with Crippen LogP contribution in [0.25, 0.3) is 0 Å². The van der Waals surface area contributed by atoms with E-state index in [2.05, 4.69) is 11.6 Å². The minimum atomic E-state index is -0.147. The molecule has 0 atom stereocenters. The van der Waals surface area contributed by atoms with Crippen LogP contribution in [0.2, 0.25) is 0 Å². The quantitative estimate of drug-likeness (QED) is 0.0695. The fourth-order valence-electron chi connectivity index (χ4n) is 3.82. The number of benzene rings is 5. The summed E-state index contributed by atoms with van der Waals surface area (Å²) in [7, 11) is 0. The monoisotopic (exact) mass is 637 g/mol. The maximum Gasteiger partial charge on any atom is 0.206 e. The lowest BCUT2D eigenvalue weighted by atomic mass is 10.1. The molecule has 5 rings (SSSR count). The number of allylic oxidation sites excluding steroid dienone is 1. The van der Waals surface area contributed by atoms with Gasteiger partial charge in [0.05, 0.1) is 5.71 Å². The number of rotatable bonds is 9. The minimum absolute atomic E-state index is 0.00554. The average molecular weight is 638 g/mol. The van der Waals surface area contributed by atoms with Gasteiger partial charge in [0.2, 0.25) is 5.78 Å². The predicted molar refractivity (Wildman–Crippen MR) is 193 cm³/mol. The summed E-state index contributed by atoms with van der Waals surface area (Å²) in [6, 6.07) is 45.3. The molecule has 5 aromatic carbocycles. The molecule has 0 bridgehead atoms. The van der Waals surface area contributed by atoms with Crippen LogP contribution < -0.4 is 0 Å². The van der Waals surface area contributed by atoms with Crippen LogP contribution >= 0.6 is 0 Å². The summed E-state index contributed by atoms with van der Waals surface area (Å²) in [5.74, 6) is -0.0986. The van der Waals surface area contributed by atoms with Gasteiger partial charge in [0, 0.05) is 27.8 Å². The number of hydrogen-bond donors (Lipinski definition) is 0.